The van der Waals surface area contributed by atoms with Crippen molar-refractivity contribution in [2.75, 3.05) is 6.79 Å². The van der Waals surface area contributed by atoms with Gasteiger partial charge >= 0.3 is 5.97 Å². The summed E-state index contributed by atoms with van der Waals surface area (Å²) in [6, 6.07) is 1.56. The summed E-state index contributed by atoms with van der Waals surface area (Å²) < 4.78 is 10.8. The molecule has 1 heterocycles. The van der Waals surface area contributed by atoms with Crippen molar-refractivity contribution in [1.29, 1.82) is 0 Å². The largest absolute Gasteiger partial charge is 0.506 e. The molecule has 1 aliphatic carbocycles. The van der Waals surface area contributed by atoms with Gasteiger partial charge in [0.2, 0.25) is 6.79 Å². The van der Waals surface area contributed by atoms with E-state index in [4.69, 9.17) is 9.47 Å². The van der Waals surface area contributed by atoms with Gasteiger partial charge < -0.3 is 19.7 Å². The molecule has 0 saturated heterocycles. The molecule has 0 amide bonds. The second-order valence-corrected chi connectivity index (χ2v) is 5.00. The van der Waals surface area contributed by atoms with Crippen LogP contribution in [-0.4, -0.2) is 23.0 Å². The van der Waals surface area contributed by atoms with Gasteiger partial charge in [0.25, 0.3) is 0 Å². The van der Waals surface area contributed by atoms with Crippen LogP contribution in [0.1, 0.15) is 18.4 Å². The number of phenols is 1. The van der Waals surface area contributed by atoms with Crippen molar-refractivity contribution in [3.63, 3.8) is 0 Å². The highest BCUT2D eigenvalue weighted by Crippen LogP contribution is 2.56. The second-order valence-electron chi connectivity index (χ2n) is 4.21. The molecule has 0 atom stereocenters. The van der Waals surface area contributed by atoms with Crippen molar-refractivity contribution in [1.82, 2.24) is 0 Å². The van der Waals surface area contributed by atoms with Gasteiger partial charge in [-0.3, -0.25) is 4.79 Å². The summed E-state index contributed by atoms with van der Waals surface area (Å²) in [5.41, 5.74) is -0.575. The third kappa shape index (κ3) is 1.33. The molecular formula is C11H9BrO5. The molecule has 1 aliphatic heterocycles. The monoisotopic (exact) mass is 300 g/mol. The number of fused-ring (bicyclic) bond motifs is 1. The maximum Gasteiger partial charge on any atom is 0.314 e. The van der Waals surface area contributed by atoms with E-state index in [1.54, 1.807) is 6.07 Å². The highest BCUT2D eigenvalue weighted by atomic mass is 79.9. The molecule has 1 aromatic rings. The predicted molar refractivity (Wildman–Crippen MR) is 60.5 cm³/mol. The molecule has 0 aromatic heterocycles. The number of aromatic hydroxyl groups is 1. The number of aliphatic carboxylic acids is 1. The van der Waals surface area contributed by atoms with Gasteiger partial charge in [-0.25, -0.2) is 0 Å². The lowest BCUT2D eigenvalue weighted by Crippen LogP contribution is -2.19. The lowest BCUT2D eigenvalue weighted by molar-refractivity contribution is -0.140. The van der Waals surface area contributed by atoms with E-state index in [-0.39, 0.29) is 12.5 Å². The normalized spacial score (nSPS) is 19.1. The number of carbonyl (C=O) groups is 1. The van der Waals surface area contributed by atoms with Crippen LogP contribution in [0.4, 0.5) is 0 Å². The number of carboxylic acid groups (broad SMARTS) is 1. The van der Waals surface area contributed by atoms with Crippen LogP contribution < -0.4 is 9.47 Å². The number of benzene rings is 1. The molecule has 2 N–H and O–H groups in total. The Balaban J connectivity index is 2.19. The fraction of sp³-hybridized carbons (Fsp3) is 0.364. The van der Waals surface area contributed by atoms with E-state index in [0.29, 0.717) is 34.4 Å². The number of phenolic OH excluding ortho intramolecular Hbond substituents is 1. The van der Waals surface area contributed by atoms with Crippen molar-refractivity contribution < 1.29 is 24.5 Å². The number of hydrogen-bond donors (Lipinski definition) is 2. The summed E-state index contributed by atoms with van der Waals surface area (Å²) in [5, 5.41) is 19.3. The van der Waals surface area contributed by atoms with E-state index in [0.717, 1.165) is 0 Å². The Labute approximate surface area is 105 Å². The predicted octanol–water partition coefficient (Wildman–Crippen LogP) is 2.00. The maximum atomic E-state index is 11.2. The molecular weight excluding hydrogens is 292 g/mol. The van der Waals surface area contributed by atoms with Crippen molar-refractivity contribution >= 4 is 21.9 Å². The van der Waals surface area contributed by atoms with Crippen LogP contribution in [0.2, 0.25) is 0 Å². The van der Waals surface area contributed by atoms with Gasteiger partial charge in [0.05, 0.1) is 5.41 Å². The second kappa shape index (κ2) is 3.29. The fourth-order valence-electron chi connectivity index (χ4n) is 2.08. The molecule has 0 radical (unpaired) electrons. The van der Waals surface area contributed by atoms with Crippen LogP contribution in [0.5, 0.6) is 17.2 Å². The van der Waals surface area contributed by atoms with Crippen LogP contribution in [0.3, 0.4) is 0 Å². The van der Waals surface area contributed by atoms with Gasteiger partial charge in [-0.05, 0) is 34.8 Å². The summed E-state index contributed by atoms with van der Waals surface area (Å²) >= 11 is 3.20. The molecule has 1 saturated carbocycles. The van der Waals surface area contributed by atoms with Gasteiger partial charge in [0.1, 0.15) is 10.2 Å². The standard InChI is InChI=1S/C11H9BrO5/c12-7-8(13)5(11(1-2-11)10(14)15)3-6-9(7)17-4-16-6/h3,13H,1-2,4H2,(H,14,15). The molecule has 5 nitrogen and oxygen atoms in total. The fourth-order valence-corrected chi connectivity index (χ4v) is 2.60. The smallest absolute Gasteiger partial charge is 0.314 e. The maximum absolute atomic E-state index is 11.2. The van der Waals surface area contributed by atoms with E-state index in [9.17, 15) is 15.0 Å². The molecule has 0 unspecified atom stereocenters. The molecule has 90 valence electrons. The highest BCUT2D eigenvalue weighted by Gasteiger charge is 2.54. The van der Waals surface area contributed by atoms with Crippen molar-refractivity contribution in [3.05, 3.63) is 16.1 Å². The summed E-state index contributed by atoms with van der Waals surface area (Å²) in [5.74, 6) is -0.0997. The zero-order valence-corrected chi connectivity index (χ0v) is 10.3. The average Bonchev–Trinajstić information content (AvgIpc) is 2.97. The Morgan fingerprint density at radius 3 is 2.71 bits per heavy atom. The molecule has 3 rings (SSSR count). The Morgan fingerprint density at radius 2 is 2.12 bits per heavy atom. The third-order valence-corrected chi connectivity index (χ3v) is 3.99. The Hall–Kier alpha value is -1.43. The van der Waals surface area contributed by atoms with E-state index >= 15 is 0 Å². The van der Waals surface area contributed by atoms with Crippen LogP contribution in [0.15, 0.2) is 10.5 Å². The first kappa shape index (κ1) is 10.7. The Kier molecular flexibility index (Phi) is 2.07. The topological polar surface area (TPSA) is 76.0 Å². The van der Waals surface area contributed by atoms with Crippen LogP contribution >= 0.6 is 15.9 Å². The van der Waals surface area contributed by atoms with E-state index in [2.05, 4.69) is 15.9 Å². The molecule has 2 aliphatic rings. The van der Waals surface area contributed by atoms with Crippen LogP contribution in [-0.2, 0) is 10.2 Å². The third-order valence-electron chi connectivity index (χ3n) is 3.25. The van der Waals surface area contributed by atoms with Crippen molar-refractivity contribution in [2.45, 2.75) is 18.3 Å². The van der Waals surface area contributed by atoms with Crippen molar-refractivity contribution in [2.24, 2.45) is 0 Å². The molecule has 6 heteroatoms. The summed E-state index contributed by atoms with van der Waals surface area (Å²) in [6.07, 6.45) is 1.06. The first-order chi connectivity index (χ1) is 8.06. The van der Waals surface area contributed by atoms with Gasteiger partial charge in [0.15, 0.2) is 11.5 Å². The number of carboxylic acids is 1. The summed E-state index contributed by atoms with van der Waals surface area (Å²) in [4.78, 5) is 11.2. The first-order valence-electron chi connectivity index (χ1n) is 5.11. The SMILES string of the molecule is O=C(O)C1(c2cc3c(c(Br)c2O)OCO3)CC1. The Bertz CT molecular complexity index is 521. The van der Waals surface area contributed by atoms with E-state index < -0.39 is 11.4 Å². The lowest BCUT2D eigenvalue weighted by Gasteiger charge is -2.14. The summed E-state index contributed by atoms with van der Waals surface area (Å²) in [7, 11) is 0. The molecule has 17 heavy (non-hydrogen) atoms. The zero-order valence-electron chi connectivity index (χ0n) is 8.70. The van der Waals surface area contributed by atoms with Crippen LogP contribution in [0, 0.1) is 0 Å². The zero-order chi connectivity index (χ0) is 12.2. The van der Waals surface area contributed by atoms with Gasteiger partial charge in [-0.2, -0.15) is 0 Å². The number of halogens is 1. The minimum atomic E-state index is -0.965. The quantitative estimate of drug-likeness (QED) is 0.874. The van der Waals surface area contributed by atoms with E-state index in [1.807, 2.05) is 0 Å². The number of hydrogen-bond acceptors (Lipinski definition) is 4. The molecule has 1 aromatic carbocycles. The summed E-state index contributed by atoms with van der Waals surface area (Å²) in [6.45, 7) is 0.0803. The lowest BCUT2D eigenvalue weighted by atomic mass is 9.94. The van der Waals surface area contributed by atoms with E-state index in [1.165, 1.54) is 0 Å². The first-order valence-corrected chi connectivity index (χ1v) is 5.90. The van der Waals surface area contributed by atoms with Crippen molar-refractivity contribution in [3.8, 4) is 17.2 Å². The van der Waals surface area contributed by atoms with Crippen LogP contribution in [0.25, 0.3) is 0 Å². The average molecular weight is 301 g/mol. The Morgan fingerprint density at radius 1 is 1.41 bits per heavy atom. The minimum absolute atomic E-state index is 0.0749. The number of ether oxygens (including phenoxy) is 2. The number of rotatable bonds is 2. The van der Waals surface area contributed by atoms with Gasteiger partial charge in [-0.15, -0.1) is 0 Å². The van der Waals surface area contributed by atoms with Gasteiger partial charge in [-0.1, -0.05) is 0 Å². The molecule has 0 spiro atoms. The molecule has 1 fully saturated rings. The highest BCUT2D eigenvalue weighted by molar-refractivity contribution is 9.10. The molecule has 0 bridgehead atoms. The minimum Gasteiger partial charge on any atom is -0.506 e. The van der Waals surface area contributed by atoms with Gasteiger partial charge in [0, 0.05) is 5.56 Å².